The fraction of sp³-hybridized carbons (Fsp3) is 0.200. The van der Waals surface area contributed by atoms with Gasteiger partial charge in [0.2, 0.25) is 5.95 Å². The SMILES string of the molecule is CCn1cc(Nc2nc(N)c3c(Cl)n[nH]c3n2)cn1. The molecule has 0 saturated heterocycles. The minimum Gasteiger partial charge on any atom is -0.383 e. The maximum atomic E-state index is 5.88. The molecule has 0 radical (unpaired) electrons. The van der Waals surface area contributed by atoms with Crippen LogP contribution >= 0.6 is 11.6 Å². The van der Waals surface area contributed by atoms with E-state index in [0.29, 0.717) is 17.0 Å². The normalized spacial score (nSPS) is 11.1. The zero-order valence-electron chi connectivity index (χ0n) is 10.1. The minimum atomic E-state index is 0.262. The monoisotopic (exact) mass is 278 g/mol. The number of nitrogens with one attached hydrogen (secondary N) is 2. The van der Waals surface area contributed by atoms with E-state index in [4.69, 9.17) is 17.3 Å². The lowest BCUT2D eigenvalue weighted by Crippen LogP contribution is -2.00. The molecule has 0 aliphatic heterocycles. The van der Waals surface area contributed by atoms with Gasteiger partial charge in [0.25, 0.3) is 0 Å². The molecule has 19 heavy (non-hydrogen) atoms. The summed E-state index contributed by atoms with van der Waals surface area (Å²) in [6.07, 6.45) is 3.54. The third-order valence-electron chi connectivity index (χ3n) is 2.62. The van der Waals surface area contributed by atoms with Gasteiger partial charge in [-0.1, -0.05) is 11.6 Å². The van der Waals surface area contributed by atoms with Gasteiger partial charge in [0, 0.05) is 12.7 Å². The predicted molar refractivity (Wildman–Crippen MR) is 72.3 cm³/mol. The Balaban J connectivity index is 1.97. The van der Waals surface area contributed by atoms with Crippen LogP contribution in [0, 0.1) is 0 Å². The van der Waals surface area contributed by atoms with E-state index < -0.39 is 0 Å². The predicted octanol–water partition coefficient (Wildman–Crippen LogP) is 1.55. The fourth-order valence-electron chi connectivity index (χ4n) is 1.71. The van der Waals surface area contributed by atoms with Crippen molar-refractivity contribution in [1.29, 1.82) is 0 Å². The molecule has 0 fully saturated rings. The molecule has 3 heterocycles. The van der Waals surface area contributed by atoms with E-state index in [9.17, 15) is 0 Å². The van der Waals surface area contributed by atoms with Gasteiger partial charge in [-0.15, -0.1) is 0 Å². The number of halogens is 1. The standard InChI is InChI=1S/C10H11ClN8/c1-2-19-4-5(3-13-19)14-10-15-8(12)6-7(11)17-18-9(6)16-10/h3-4H,2H2,1H3,(H4,12,14,15,16,17,18). The number of aryl methyl sites for hydroxylation is 1. The Morgan fingerprint density at radius 2 is 2.32 bits per heavy atom. The molecule has 0 aliphatic carbocycles. The Morgan fingerprint density at radius 1 is 1.47 bits per heavy atom. The summed E-state index contributed by atoms with van der Waals surface area (Å²) in [4.78, 5) is 8.38. The van der Waals surface area contributed by atoms with Crippen molar-refractivity contribution in [3.63, 3.8) is 0 Å². The third kappa shape index (κ3) is 2.06. The van der Waals surface area contributed by atoms with Crippen LogP contribution in [-0.2, 0) is 6.54 Å². The van der Waals surface area contributed by atoms with Crippen LogP contribution in [0.5, 0.6) is 0 Å². The molecule has 0 aromatic carbocycles. The lowest BCUT2D eigenvalue weighted by atomic mass is 10.4. The fourth-order valence-corrected chi connectivity index (χ4v) is 1.93. The van der Waals surface area contributed by atoms with Crippen LogP contribution in [0.3, 0.4) is 0 Å². The number of fused-ring (bicyclic) bond motifs is 1. The average Bonchev–Trinajstić information content (AvgIpc) is 2.97. The molecular weight excluding hydrogens is 268 g/mol. The zero-order chi connectivity index (χ0) is 13.4. The molecule has 0 amide bonds. The summed E-state index contributed by atoms with van der Waals surface area (Å²) < 4.78 is 1.79. The van der Waals surface area contributed by atoms with Crippen LogP contribution in [0.2, 0.25) is 5.15 Å². The highest BCUT2D eigenvalue weighted by Crippen LogP contribution is 2.25. The molecule has 3 aromatic rings. The first-order chi connectivity index (χ1) is 9.17. The van der Waals surface area contributed by atoms with Gasteiger partial charge in [-0.25, -0.2) is 0 Å². The van der Waals surface area contributed by atoms with Crippen molar-refractivity contribution in [3.05, 3.63) is 17.5 Å². The summed E-state index contributed by atoms with van der Waals surface area (Å²) in [5, 5.41) is 14.5. The number of H-pyrrole nitrogens is 1. The molecule has 3 aromatic heterocycles. The van der Waals surface area contributed by atoms with Crippen LogP contribution in [-0.4, -0.2) is 29.9 Å². The summed E-state index contributed by atoms with van der Waals surface area (Å²) in [5.74, 6) is 0.634. The highest BCUT2D eigenvalue weighted by atomic mass is 35.5. The van der Waals surface area contributed by atoms with Gasteiger partial charge in [0.1, 0.15) is 11.2 Å². The van der Waals surface area contributed by atoms with Crippen LogP contribution in [0.15, 0.2) is 12.4 Å². The summed E-state index contributed by atoms with van der Waals surface area (Å²) in [5.41, 5.74) is 7.10. The molecule has 0 unspecified atom stereocenters. The molecule has 3 rings (SSSR count). The summed E-state index contributed by atoms with van der Waals surface area (Å²) in [6, 6.07) is 0. The van der Waals surface area contributed by atoms with Gasteiger partial charge in [0.05, 0.1) is 11.9 Å². The van der Waals surface area contributed by atoms with E-state index in [2.05, 4.69) is 30.6 Å². The van der Waals surface area contributed by atoms with Gasteiger partial charge in [0.15, 0.2) is 10.8 Å². The minimum absolute atomic E-state index is 0.262. The first-order valence-corrected chi connectivity index (χ1v) is 6.01. The second-order valence-electron chi connectivity index (χ2n) is 3.88. The first kappa shape index (κ1) is 11.7. The largest absolute Gasteiger partial charge is 0.383 e. The van der Waals surface area contributed by atoms with Gasteiger partial charge in [-0.2, -0.15) is 20.2 Å². The van der Waals surface area contributed by atoms with E-state index in [1.807, 2.05) is 13.1 Å². The van der Waals surface area contributed by atoms with Gasteiger partial charge >= 0.3 is 0 Å². The van der Waals surface area contributed by atoms with Crippen molar-refractivity contribution >= 4 is 40.1 Å². The van der Waals surface area contributed by atoms with Crippen molar-refractivity contribution in [3.8, 4) is 0 Å². The molecule has 8 nitrogen and oxygen atoms in total. The maximum Gasteiger partial charge on any atom is 0.231 e. The highest BCUT2D eigenvalue weighted by Gasteiger charge is 2.12. The molecule has 9 heteroatoms. The molecule has 0 aliphatic rings. The Morgan fingerprint density at radius 3 is 3.05 bits per heavy atom. The number of hydrogen-bond acceptors (Lipinski definition) is 6. The van der Waals surface area contributed by atoms with Gasteiger partial charge in [-0.3, -0.25) is 9.78 Å². The lowest BCUT2D eigenvalue weighted by molar-refractivity contribution is 0.660. The smallest absolute Gasteiger partial charge is 0.231 e. The molecule has 0 saturated carbocycles. The Labute approximate surface area is 113 Å². The summed E-state index contributed by atoms with van der Waals surface area (Å²) in [7, 11) is 0. The lowest BCUT2D eigenvalue weighted by Gasteiger charge is -2.03. The van der Waals surface area contributed by atoms with E-state index in [1.54, 1.807) is 10.9 Å². The van der Waals surface area contributed by atoms with Crippen LogP contribution in [0.25, 0.3) is 11.0 Å². The quantitative estimate of drug-likeness (QED) is 0.670. The van der Waals surface area contributed by atoms with Crippen molar-refractivity contribution in [2.24, 2.45) is 0 Å². The molecule has 0 bridgehead atoms. The number of hydrogen-bond donors (Lipinski definition) is 3. The summed E-state index contributed by atoms with van der Waals surface area (Å²) in [6.45, 7) is 2.80. The number of anilines is 3. The third-order valence-corrected chi connectivity index (χ3v) is 2.89. The topological polar surface area (TPSA) is 110 Å². The second kappa shape index (κ2) is 4.39. The molecule has 98 valence electrons. The van der Waals surface area contributed by atoms with Crippen molar-refractivity contribution < 1.29 is 0 Å². The Hall–Kier alpha value is -2.35. The van der Waals surface area contributed by atoms with Gasteiger partial charge in [-0.05, 0) is 6.92 Å². The molecular formula is C10H11ClN8. The maximum absolute atomic E-state index is 5.88. The van der Waals surface area contributed by atoms with E-state index in [-0.39, 0.29) is 11.0 Å². The van der Waals surface area contributed by atoms with Crippen LogP contribution in [0.1, 0.15) is 6.92 Å². The molecule has 4 N–H and O–H groups in total. The Bertz CT molecular complexity index is 730. The zero-order valence-corrected chi connectivity index (χ0v) is 10.8. The number of nitrogen functional groups attached to an aromatic ring is 1. The van der Waals surface area contributed by atoms with E-state index >= 15 is 0 Å². The second-order valence-corrected chi connectivity index (χ2v) is 4.24. The average molecular weight is 279 g/mol. The van der Waals surface area contributed by atoms with Crippen molar-refractivity contribution in [2.45, 2.75) is 13.5 Å². The van der Waals surface area contributed by atoms with Gasteiger partial charge < -0.3 is 11.1 Å². The van der Waals surface area contributed by atoms with Crippen molar-refractivity contribution in [2.75, 3.05) is 11.1 Å². The number of rotatable bonds is 3. The van der Waals surface area contributed by atoms with Crippen LogP contribution < -0.4 is 11.1 Å². The Kier molecular flexibility index (Phi) is 2.71. The number of aromatic nitrogens is 6. The van der Waals surface area contributed by atoms with E-state index in [1.165, 1.54) is 0 Å². The van der Waals surface area contributed by atoms with Crippen LogP contribution in [0.4, 0.5) is 17.5 Å². The first-order valence-electron chi connectivity index (χ1n) is 5.64. The van der Waals surface area contributed by atoms with E-state index in [0.717, 1.165) is 12.2 Å². The molecule has 0 spiro atoms. The highest BCUT2D eigenvalue weighted by molar-refractivity contribution is 6.35. The number of nitrogens with two attached hydrogens (primary N) is 1. The number of nitrogens with zero attached hydrogens (tertiary/aromatic N) is 5. The number of aromatic amines is 1. The van der Waals surface area contributed by atoms with Crippen molar-refractivity contribution in [1.82, 2.24) is 29.9 Å². The molecule has 0 atom stereocenters. The summed E-state index contributed by atoms with van der Waals surface area (Å²) >= 11 is 5.88.